The van der Waals surface area contributed by atoms with Crippen LogP contribution < -0.4 is 0 Å². The molecule has 0 aromatic heterocycles. The maximum atomic E-state index is 12.4. The molecule has 0 spiro atoms. The molecule has 0 aliphatic carbocycles. The van der Waals surface area contributed by atoms with Crippen LogP contribution in [0.5, 0.6) is 0 Å². The number of hydrogen-bond donors (Lipinski definition) is 0. The lowest BCUT2D eigenvalue weighted by Crippen LogP contribution is -2.25. The van der Waals surface area contributed by atoms with Crippen LogP contribution in [0.3, 0.4) is 0 Å². The monoisotopic (exact) mass is 290 g/mol. The molecule has 10 heavy (non-hydrogen) atoms. The van der Waals surface area contributed by atoms with Gasteiger partial charge < -0.3 is 0 Å². The van der Waals surface area contributed by atoms with E-state index in [-0.39, 0.29) is 4.43 Å². The molecule has 0 aliphatic heterocycles. The molecule has 0 unspecified atom stereocenters. The van der Waals surface area contributed by atoms with E-state index in [1.54, 1.807) is 0 Å². The summed E-state index contributed by atoms with van der Waals surface area (Å²) in [5, 5.41) is -2.64. The molecule has 0 saturated heterocycles. The van der Waals surface area contributed by atoms with Gasteiger partial charge in [-0.25, -0.2) is 4.39 Å². The fourth-order valence-corrected chi connectivity index (χ4v) is 0.762. The number of hydrogen-bond acceptors (Lipinski definition) is 0. The molecule has 0 radical (unpaired) electrons. The lowest BCUT2D eigenvalue weighted by atomic mass is 10.3. The molecule has 0 saturated carbocycles. The zero-order valence-electron chi connectivity index (χ0n) is 4.68. The van der Waals surface area contributed by atoms with Gasteiger partial charge in [0.1, 0.15) is 0 Å². The van der Waals surface area contributed by atoms with Crippen molar-refractivity contribution in [3.05, 3.63) is 0 Å². The van der Waals surface area contributed by atoms with Crippen LogP contribution in [0.1, 0.15) is 6.42 Å². The minimum atomic E-state index is -4.53. The molecule has 6 heteroatoms. The summed E-state index contributed by atoms with van der Waals surface area (Å²) in [6.07, 6.45) is -6.12. The van der Waals surface area contributed by atoms with E-state index in [9.17, 15) is 17.6 Å². The summed E-state index contributed by atoms with van der Waals surface area (Å²) >= 11 is 6.27. The minimum absolute atomic E-state index is 0.369. The van der Waals surface area contributed by atoms with Gasteiger partial charge in [-0.15, -0.1) is 0 Å². The van der Waals surface area contributed by atoms with E-state index in [0.29, 0.717) is 0 Å². The van der Waals surface area contributed by atoms with Crippen molar-refractivity contribution in [2.45, 2.75) is 17.7 Å². The molecular formula is C4H4ClF4I. The SMILES string of the molecule is FC(F)(F)C[C@](F)(Cl)CI. The van der Waals surface area contributed by atoms with Gasteiger partial charge in [0.25, 0.3) is 0 Å². The number of halogens is 6. The van der Waals surface area contributed by atoms with Crippen molar-refractivity contribution < 1.29 is 17.6 Å². The van der Waals surface area contributed by atoms with Crippen molar-refractivity contribution >= 4 is 34.2 Å². The normalized spacial score (nSPS) is 18.6. The molecule has 0 aliphatic rings. The van der Waals surface area contributed by atoms with Gasteiger partial charge in [0.05, 0.1) is 6.42 Å². The molecule has 0 rings (SSSR count). The molecular weight excluding hydrogens is 286 g/mol. The first-order valence-electron chi connectivity index (χ1n) is 2.27. The highest BCUT2D eigenvalue weighted by Crippen LogP contribution is 2.34. The van der Waals surface area contributed by atoms with Crippen LogP contribution >= 0.6 is 34.2 Å². The summed E-state index contributed by atoms with van der Waals surface area (Å²) in [5.41, 5.74) is 0. The van der Waals surface area contributed by atoms with Crippen molar-refractivity contribution in [1.29, 1.82) is 0 Å². The molecule has 0 aromatic carbocycles. The van der Waals surface area contributed by atoms with Gasteiger partial charge in [-0.05, 0) is 0 Å². The van der Waals surface area contributed by atoms with Gasteiger partial charge in [0, 0.05) is 4.43 Å². The average molecular weight is 290 g/mol. The minimum Gasteiger partial charge on any atom is -0.225 e. The largest absolute Gasteiger partial charge is 0.393 e. The molecule has 0 heterocycles. The van der Waals surface area contributed by atoms with E-state index in [2.05, 4.69) is 0 Å². The predicted molar refractivity (Wildman–Crippen MR) is 39.3 cm³/mol. The quantitative estimate of drug-likeness (QED) is 0.416. The van der Waals surface area contributed by atoms with E-state index in [0.717, 1.165) is 0 Å². The zero-order chi connectivity index (χ0) is 8.41. The van der Waals surface area contributed by atoms with Gasteiger partial charge in [-0.1, -0.05) is 34.2 Å². The second kappa shape index (κ2) is 3.42. The third-order valence-corrected chi connectivity index (χ3v) is 2.58. The molecule has 0 aromatic rings. The van der Waals surface area contributed by atoms with Gasteiger partial charge in [0.2, 0.25) is 5.13 Å². The summed E-state index contributed by atoms with van der Waals surface area (Å²) in [4.78, 5) is 0. The third-order valence-electron chi connectivity index (χ3n) is 0.655. The predicted octanol–water partition coefficient (Wildman–Crippen LogP) is 3.28. The van der Waals surface area contributed by atoms with E-state index in [4.69, 9.17) is 11.6 Å². The molecule has 0 N–H and O–H groups in total. The van der Waals surface area contributed by atoms with Crippen molar-refractivity contribution in [3.8, 4) is 0 Å². The Morgan fingerprint density at radius 1 is 1.20 bits per heavy atom. The molecule has 62 valence electrons. The Hall–Kier alpha value is 0.740. The Labute approximate surface area is 74.1 Å². The first-order valence-corrected chi connectivity index (χ1v) is 4.18. The topological polar surface area (TPSA) is 0 Å². The van der Waals surface area contributed by atoms with Crippen LogP contribution in [0.2, 0.25) is 0 Å². The highest BCUT2D eigenvalue weighted by atomic mass is 127. The van der Waals surface area contributed by atoms with Gasteiger partial charge in [-0.2, -0.15) is 13.2 Å². The molecule has 1 atom stereocenters. The number of alkyl halides is 6. The lowest BCUT2D eigenvalue weighted by Gasteiger charge is -2.15. The first-order chi connectivity index (χ1) is 4.27. The van der Waals surface area contributed by atoms with E-state index < -0.39 is 17.7 Å². The Balaban J connectivity index is 3.89. The lowest BCUT2D eigenvalue weighted by molar-refractivity contribution is -0.148. The summed E-state index contributed by atoms with van der Waals surface area (Å²) in [5.74, 6) is 0. The maximum Gasteiger partial charge on any atom is 0.393 e. The van der Waals surface area contributed by atoms with Crippen molar-refractivity contribution in [2.75, 3.05) is 4.43 Å². The van der Waals surface area contributed by atoms with Crippen molar-refractivity contribution in [1.82, 2.24) is 0 Å². The smallest absolute Gasteiger partial charge is 0.225 e. The molecule has 0 fully saturated rings. The van der Waals surface area contributed by atoms with Crippen LogP contribution in [0, 0.1) is 0 Å². The highest BCUT2D eigenvalue weighted by Gasteiger charge is 2.40. The van der Waals surface area contributed by atoms with Gasteiger partial charge >= 0.3 is 6.18 Å². The molecule has 0 nitrogen and oxygen atoms in total. The fourth-order valence-electron chi connectivity index (χ4n) is 0.341. The Morgan fingerprint density at radius 2 is 1.60 bits per heavy atom. The Kier molecular flexibility index (Phi) is 3.68. The average Bonchev–Trinajstić information content (AvgIpc) is 1.60. The highest BCUT2D eigenvalue weighted by molar-refractivity contribution is 14.1. The van der Waals surface area contributed by atoms with Crippen LogP contribution in [0.15, 0.2) is 0 Å². The summed E-state index contributed by atoms with van der Waals surface area (Å²) in [6.45, 7) is 0. The van der Waals surface area contributed by atoms with Crippen molar-refractivity contribution in [3.63, 3.8) is 0 Å². The third kappa shape index (κ3) is 5.52. The molecule has 0 amide bonds. The van der Waals surface area contributed by atoms with Crippen molar-refractivity contribution in [2.24, 2.45) is 0 Å². The zero-order valence-corrected chi connectivity index (χ0v) is 7.60. The van der Waals surface area contributed by atoms with Gasteiger partial charge in [0.15, 0.2) is 0 Å². The van der Waals surface area contributed by atoms with Crippen LogP contribution in [-0.4, -0.2) is 15.7 Å². The standard InChI is InChI=1S/C4H4ClF4I/c5-3(6,2-10)1-4(7,8)9/h1-2H2/t3-/m1/s1. The Bertz CT molecular complexity index is 110. The second-order valence-corrected chi connectivity index (χ2v) is 3.22. The van der Waals surface area contributed by atoms with E-state index in [1.165, 1.54) is 22.6 Å². The summed E-state index contributed by atoms with van der Waals surface area (Å²) in [7, 11) is 0. The van der Waals surface area contributed by atoms with Crippen LogP contribution in [-0.2, 0) is 0 Å². The summed E-state index contributed by atoms with van der Waals surface area (Å²) in [6, 6.07) is 0. The fraction of sp³-hybridized carbons (Fsp3) is 1.00. The number of rotatable bonds is 2. The van der Waals surface area contributed by atoms with E-state index >= 15 is 0 Å². The Morgan fingerprint density at radius 3 is 1.70 bits per heavy atom. The first kappa shape index (κ1) is 10.7. The molecule has 0 bridgehead atoms. The van der Waals surface area contributed by atoms with E-state index in [1.807, 2.05) is 0 Å². The van der Waals surface area contributed by atoms with Gasteiger partial charge in [-0.3, -0.25) is 0 Å². The van der Waals surface area contributed by atoms with Crippen LogP contribution in [0.25, 0.3) is 0 Å². The second-order valence-electron chi connectivity index (χ2n) is 1.78. The summed E-state index contributed by atoms with van der Waals surface area (Å²) < 4.78 is 46.2. The van der Waals surface area contributed by atoms with Crippen LogP contribution in [0.4, 0.5) is 17.6 Å². The maximum absolute atomic E-state index is 12.4.